The Balaban J connectivity index is 1.78. The summed E-state index contributed by atoms with van der Waals surface area (Å²) >= 11 is 0. The molecule has 1 aromatic heterocycles. The summed E-state index contributed by atoms with van der Waals surface area (Å²) < 4.78 is 7.12. The van der Waals surface area contributed by atoms with E-state index in [1.165, 1.54) is 0 Å². The molecule has 1 saturated heterocycles. The molecule has 0 saturated carbocycles. The first kappa shape index (κ1) is 14.8. The van der Waals surface area contributed by atoms with Crippen molar-refractivity contribution in [1.29, 1.82) is 0 Å². The van der Waals surface area contributed by atoms with Gasteiger partial charge in [0.15, 0.2) is 0 Å². The van der Waals surface area contributed by atoms with Gasteiger partial charge < -0.3 is 15.0 Å². The largest absolute Gasteiger partial charge is 0.444 e. The number of carbonyl (C=O) groups excluding carboxylic acids is 1. The number of carbonyl (C=O) groups is 1. The maximum absolute atomic E-state index is 11.9. The first-order valence-electron chi connectivity index (χ1n) is 6.89. The SMILES string of the molecule is Cn1ncnc1CN[C@H]1CCN(C(=O)OC(C)(C)C)C1. The van der Waals surface area contributed by atoms with E-state index in [1.807, 2.05) is 27.8 Å². The molecule has 1 N–H and O–H groups in total. The van der Waals surface area contributed by atoms with Crippen LogP contribution in [-0.2, 0) is 18.3 Å². The van der Waals surface area contributed by atoms with Crippen molar-refractivity contribution in [2.24, 2.45) is 7.05 Å². The van der Waals surface area contributed by atoms with E-state index in [4.69, 9.17) is 4.74 Å². The third-order valence-corrected chi connectivity index (χ3v) is 3.19. The molecule has 2 heterocycles. The molecule has 1 aromatic rings. The lowest BCUT2D eigenvalue weighted by Gasteiger charge is -2.24. The molecular formula is C13H23N5O2. The Labute approximate surface area is 119 Å². The van der Waals surface area contributed by atoms with Gasteiger partial charge in [-0.25, -0.2) is 9.78 Å². The first-order valence-corrected chi connectivity index (χ1v) is 6.89. The van der Waals surface area contributed by atoms with Crippen molar-refractivity contribution in [2.45, 2.75) is 45.4 Å². The van der Waals surface area contributed by atoms with Crippen LogP contribution >= 0.6 is 0 Å². The van der Waals surface area contributed by atoms with E-state index in [1.54, 1.807) is 15.9 Å². The molecular weight excluding hydrogens is 258 g/mol. The number of hydrogen-bond donors (Lipinski definition) is 1. The summed E-state index contributed by atoms with van der Waals surface area (Å²) in [6.07, 6.45) is 2.23. The fraction of sp³-hybridized carbons (Fsp3) is 0.769. The minimum absolute atomic E-state index is 0.236. The molecule has 112 valence electrons. The molecule has 1 fully saturated rings. The summed E-state index contributed by atoms with van der Waals surface area (Å²) in [4.78, 5) is 17.9. The minimum Gasteiger partial charge on any atom is -0.444 e. The molecule has 2 rings (SSSR count). The number of aryl methyl sites for hydroxylation is 1. The van der Waals surface area contributed by atoms with Gasteiger partial charge in [-0.2, -0.15) is 5.10 Å². The zero-order chi connectivity index (χ0) is 14.8. The van der Waals surface area contributed by atoms with E-state index >= 15 is 0 Å². The van der Waals surface area contributed by atoms with Crippen LogP contribution in [0.4, 0.5) is 4.79 Å². The van der Waals surface area contributed by atoms with Gasteiger partial charge in [-0.3, -0.25) is 4.68 Å². The molecule has 7 nitrogen and oxygen atoms in total. The van der Waals surface area contributed by atoms with Crippen LogP contribution in [0.5, 0.6) is 0 Å². The Morgan fingerprint density at radius 2 is 2.30 bits per heavy atom. The summed E-state index contributed by atoms with van der Waals surface area (Å²) in [6, 6.07) is 0.277. The van der Waals surface area contributed by atoms with Crippen molar-refractivity contribution in [2.75, 3.05) is 13.1 Å². The predicted octanol–water partition coefficient (Wildman–Crippen LogP) is 0.914. The molecule has 20 heavy (non-hydrogen) atoms. The van der Waals surface area contributed by atoms with Gasteiger partial charge in [-0.15, -0.1) is 0 Å². The standard InChI is InChI=1S/C13H23N5O2/c1-13(2,3)20-12(19)18-6-5-10(8-18)14-7-11-15-9-16-17(11)4/h9-10,14H,5-8H2,1-4H3/t10-/m0/s1. The van der Waals surface area contributed by atoms with Crippen molar-refractivity contribution < 1.29 is 9.53 Å². The van der Waals surface area contributed by atoms with Gasteiger partial charge in [0.2, 0.25) is 0 Å². The van der Waals surface area contributed by atoms with Crippen LogP contribution in [0.1, 0.15) is 33.0 Å². The predicted molar refractivity (Wildman–Crippen MR) is 74.1 cm³/mol. The van der Waals surface area contributed by atoms with Crippen LogP contribution < -0.4 is 5.32 Å². The second-order valence-corrected chi connectivity index (χ2v) is 6.09. The summed E-state index contributed by atoms with van der Waals surface area (Å²) in [7, 11) is 1.87. The quantitative estimate of drug-likeness (QED) is 0.891. The van der Waals surface area contributed by atoms with Gasteiger partial charge >= 0.3 is 6.09 Å². The topological polar surface area (TPSA) is 72.3 Å². The van der Waals surface area contributed by atoms with E-state index in [0.29, 0.717) is 13.1 Å². The zero-order valence-electron chi connectivity index (χ0n) is 12.6. The molecule has 0 unspecified atom stereocenters. The molecule has 1 aliphatic rings. The van der Waals surface area contributed by atoms with Crippen molar-refractivity contribution in [3.8, 4) is 0 Å². The Morgan fingerprint density at radius 3 is 2.90 bits per heavy atom. The maximum atomic E-state index is 11.9. The number of nitrogens with one attached hydrogen (secondary N) is 1. The van der Waals surface area contributed by atoms with Crippen molar-refractivity contribution >= 4 is 6.09 Å². The van der Waals surface area contributed by atoms with Crippen molar-refractivity contribution in [1.82, 2.24) is 25.0 Å². The van der Waals surface area contributed by atoms with Gasteiger partial charge in [0.05, 0.1) is 6.54 Å². The van der Waals surface area contributed by atoms with Gasteiger partial charge in [-0.1, -0.05) is 0 Å². The summed E-state index contributed by atoms with van der Waals surface area (Å²) in [5, 5.41) is 7.43. The fourth-order valence-electron chi connectivity index (χ4n) is 2.13. The molecule has 1 amide bonds. The molecule has 1 atom stereocenters. The number of ether oxygens (including phenoxy) is 1. The number of rotatable bonds is 3. The van der Waals surface area contributed by atoms with Crippen molar-refractivity contribution in [3.05, 3.63) is 12.2 Å². The normalized spacial score (nSPS) is 19.4. The molecule has 0 spiro atoms. The highest BCUT2D eigenvalue weighted by atomic mass is 16.6. The minimum atomic E-state index is -0.443. The van der Waals surface area contributed by atoms with Crippen LogP contribution in [0.2, 0.25) is 0 Å². The average Bonchev–Trinajstić information content (AvgIpc) is 2.93. The number of hydrogen-bond acceptors (Lipinski definition) is 5. The molecule has 0 radical (unpaired) electrons. The molecule has 1 aliphatic heterocycles. The Kier molecular flexibility index (Phi) is 4.27. The second-order valence-electron chi connectivity index (χ2n) is 6.09. The monoisotopic (exact) mass is 281 g/mol. The number of aromatic nitrogens is 3. The number of amides is 1. The van der Waals surface area contributed by atoms with Gasteiger partial charge in [0.25, 0.3) is 0 Å². The average molecular weight is 281 g/mol. The lowest BCUT2D eigenvalue weighted by molar-refractivity contribution is 0.0291. The summed E-state index contributed by atoms with van der Waals surface area (Å²) in [5.41, 5.74) is -0.443. The number of nitrogens with zero attached hydrogens (tertiary/aromatic N) is 4. The van der Waals surface area contributed by atoms with Crippen LogP contribution in [0, 0.1) is 0 Å². The highest BCUT2D eigenvalue weighted by Gasteiger charge is 2.29. The molecule has 7 heteroatoms. The van der Waals surface area contributed by atoms with E-state index in [9.17, 15) is 4.79 Å². The van der Waals surface area contributed by atoms with E-state index in [-0.39, 0.29) is 12.1 Å². The Bertz CT molecular complexity index is 466. The van der Waals surface area contributed by atoms with E-state index in [2.05, 4.69) is 15.4 Å². The Morgan fingerprint density at radius 1 is 1.55 bits per heavy atom. The van der Waals surface area contributed by atoms with Crippen LogP contribution in [0.15, 0.2) is 6.33 Å². The van der Waals surface area contributed by atoms with Crippen LogP contribution in [-0.4, -0.2) is 50.5 Å². The van der Waals surface area contributed by atoms with Crippen LogP contribution in [0.3, 0.4) is 0 Å². The lowest BCUT2D eigenvalue weighted by atomic mass is 10.2. The van der Waals surface area contributed by atoms with E-state index in [0.717, 1.165) is 18.8 Å². The molecule has 0 aromatic carbocycles. The fourth-order valence-corrected chi connectivity index (χ4v) is 2.13. The third kappa shape index (κ3) is 3.93. The highest BCUT2D eigenvalue weighted by Crippen LogP contribution is 2.15. The Hall–Kier alpha value is -1.63. The zero-order valence-corrected chi connectivity index (χ0v) is 12.6. The molecule has 0 aliphatic carbocycles. The van der Waals surface area contributed by atoms with E-state index < -0.39 is 5.60 Å². The summed E-state index contributed by atoms with van der Waals surface area (Å²) in [6.45, 7) is 7.70. The highest BCUT2D eigenvalue weighted by molar-refractivity contribution is 5.68. The molecule has 0 bridgehead atoms. The number of likely N-dealkylation sites (tertiary alicyclic amines) is 1. The second kappa shape index (κ2) is 5.78. The van der Waals surface area contributed by atoms with Gasteiger partial charge in [0, 0.05) is 26.2 Å². The van der Waals surface area contributed by atoms with Gasteiger partial charge in [0.1, 0.15) is 17.8 Å². The van der Waals surface area contributed by atoms with Gasteiger partial charge in [-0.05, 0) is 27.2 Å². The first-order chi connectivity index (χ1) is 9.35. The smallest absolute Gasteiger partial charge is 0.410 e. The third-order valence-electron chi connectivity index (χ3n) is 3.19. The van der Waals surface area contributed by atoms with Crippen LogP contribution in [0.25, 0.3) is 0 Å². The van der Waals surface area contributed by atoms with Crippen molar-refractivity contribution in [3.63, 3.8) is 0 Å². The maximum Gasteiger partial charge on any atom is 0.410 e. The summed E-state index contributed by atoms with van der Waals surface area (Å²) in [5.74, 6) is 0.890. The lowest BCUT2D eigenvalue weighted by Crippen LogP contribution is -2.38.